The highest BCUT2D eigenvalue weighted by atomic mass is 35.5. The van der Waals surface area contributed by atoms with Crippen molar-refractivity contribution in [3.63, 3.8) is 0 Å². The van der Waals surface area contributed by atoms with Gasteiger partial charge in [-0.15, -0.1) is 0 Å². The second-order valence-corrected chi connectivity index (χ2v) is 5.68. The Labute approximate surface area is 118 Å². The molecule has 2 aromatic rings. The molecule has 100 valence electrons. The lowest BCUT2D eigenvalue weighted by Gasteiger charge is -2.01. The minimum atomic E-state index is -1.26. The van der Waals surface area contributed by atoms with Crippen molar-refractivity contribution in [2.45, 2.75) is 10.6 Å². The van der Waals surface area contributed by atoms with Crippen molar-refractivity contribution < 1.29 is 13.4 Å². The minimum Gasteiger partial charge on any atom is -0.455 e. The predicted octanol–water partition coefficient (Wildman–Crippen LogP) is 2.60. The largest absolute Gasteiger partial charge is 0.455 e. The van der Waals surface area contributed by atoms with Crippen LogP contribution in [0.2, 0.25) is 5.02 Å². The molecule has 4 nitrogen and oxygen atoms in total. The zero-order valence-corrected chi connectivity index (χ0v) is 11.8. The summed E-state index contributed by atoms with van der Waals surface area (Å²) in [6.45, 7) is 0. The zero-order chi connectivity index (χ0) is 13.8. The molecule has 1 atom stereocenters. The highest BCUT2D eigenvalue weighted by Gasteiger charge is 2.12. The van der Waals surface area contributed by atoms with Crippen LogP contribution >= 0.6 is 11.6 Å². The van der Waals surface area contributed by atoms with Crippen LogP contribution in [-0.4, -0.2) is 17.2 Å². The summed E-state index contributed by atoms with van der Waals surface area (Å²) in [6, 6.07) is 10.1. The average Bonchev–Trinajstić information content (AvgIpc) is 2.86. The van der Waals surface area contributed by atoms with E-state index >= 15 is 0 Å². The monoisotopic (exact) mass is 297 g/mol. The van der Waals surface area contributed by atoms with Crippen LogP contribution in [0.25, 0.3) is 0 Å². The zero-order valence-electron chi connectivity index (χ0n) is 10.2. The normalized spacial score (nSPS) is 12.1. The first kappa shape index (κ1) is 13.8. The van der Waals surface area contributed by atoms with E-state index in [2.05, 4.69) is 5.32 Å². The first-order valence-electron chi connectivity index (χ1n) is 5.55. The van der Waals surface area contributed by atoms with Gasteiger partial charge in [0.1, 0.15) is 5.76 Å². The van der Waals surface area contributed by atoms with Gasteiger partial charge in [0.25, 0.3) is 5.91 Å². The number of benzene rings is 1. The van der Waals surface area contributed by atoms with E-state index in [1.54, 1.807) is 36.4 Å². The average molecular weight is 298 g/mol. The lowest BCUT2D eigenvalue weighted by Crippen LogP contribution is -2.16. The molecule has 0 aliphatic carbocycles. The number of carbonyl (C=O) groups excluding carboxylic acids is 1. The summed E-state index contributed by atoms with van der Waals surface area (Å²) >= 11 is 5.85. The lowest BCUT2D eigenvalue weighted by atomic mass is 10.4. The van der Waals surface area contributed by atoms with E-state index in [1.807, 2.05) is 0 Å². The van der Waals surface area contributed by atoms with Crippen LogP contribution in [-0.2, 0) is 16.6 Å². The Kier molecular flexibility index (Phi) is 4.39. The molecule has 1 aromatic carbocycles. The predicted molar refractivity (Wildman–Crippen MR) is 73.7 cm³/mol. The van der Waals surface area contributed by atoms with Crippen molar-refractivity contribution in [1.29, 1.82) is 0 Å². The van der Waals surface area contributed by atoms with Crippen LogP contribution in [0.1, 0.15) is 16.3 Å². The molecule has 2 rings (SSSR count). The van der Waals surface area contributed by atoms with Crippen LogP contribution in [0.3, 0.4) is 0 Å². The molecular weight excluding hydrogens is 286 g/mol. The topological polar surface area (TPSA) is 59.3 Å². The molecule has 1 aromatic heterocycles. The van der Waals surface area contributed by atoms with E-state index in [9.17, 15) is 9.00 Å². The lowest BCUT2D eigenvalue weighted by molar-refractivity contribution is 0.0934. The van der Waals surface area contributed by atoms with Gasteiger partial charge in [-0.05, 0) is 30.3 Å². The highest BCUT2D eigenvalue weighted by molar-refractivity contribution is 7.84. The Bertz CT molecular complexity index is 624. The molecule has 19 heavy (non-hydrogen) atoms. The molecular formula is C13H12ClNO3S. The second kappa shape index (κ2) is 6.04. The number of carbonyl (C=O) groups is 1. The number of hydrogen-bond acceptors (Lipinski definition) is 3. The number of furan rings is 1. The van der Waals surface area contributed by atoms with Crippen LogP contribution in [0.4, 0.5) is 0 Å². The van der Waals surface area contributed by atoms with E-state index in [0.717, 1.165) is 0 Å². The van der Waals surface area contributed by atoms with Crippen molar-refractivity contribution in [3.05, 3.63) is 52.9 Å². The minimum absolute atomic E-state index is 0.206. The van der Waals surface area contributed by atoms with E-state index in [-0.39, 0.29) is 17.4 Å². The van der Waals surface area contributed by atoms with Gasteiger partial charge >= 0.3 is 0 Å². The molecule has 1 heterocycles. The van der Waals surface area contributed by atoms with Gasteiger partial charge in [0.15, 0.2) is 5.76 Å². The molecule has 1 N–H and O–H groups in total. The molecule has 0 saturated heterocycles. The maximum Gasteiger partial charge on any atom is 0.286 e. The van der Waals surface area contributed by atoms with E-state index in [0.29, 0.717) is 15.7 Å². The molecule has 0 fully saturated rings. The maximum absolute atomic E-state index is 12.1. The van der Waals surface area contributed by atoms with Crippen LogP contribution in [0.5, 0.6) is 0 Å². The first-order chi connectivity index (χ1) is 9.10. The van der Waals surface area contributed by atoms with Gasteiger partial charge in [0, 0.05) is 17.0 Å². The van der Waals surface area contributed by atoms with Crippen molar-refractivity contribution in [3.8, 4) is 0 Å². The van der Waals surface area contributed by atoms with Crippen LogP contribution < -0.4 is 5.32 Å². The fraction of sp³-hybridized carbons (Fsp3) is 0.154. The molecule has 0 aliphatic rings. The number of hydrogen-bond donors (Lipinski definition) is 1. The molecule has 0 radical (unpaired) electrons. The summed E-state index contributed by atoms with van der Waals surface area (Å²) in [7, 11) is 0.266. The Morgan fingerprint density at radius 2 is 2.16 bits per heavy atom. The third-order valence-corrected chi connectivity index (χ3v) is 4.01. The van der Waals surface area contributed by atoms with E-state index in [4.69, 9.17) is 16.0 Å². The van der Waals surface area contributed by atoms with Gasteiger partial charge in [-0.1, -0.05) is 17.7 Å². The van der Waals surface area contributed by atoms with E-state index in [1.165, 1.54) is 7.05 Å². The summed E-state index contributed by atoms with van der Waals surface area (Å²) in [6.07, 6.45) is 0. The van der Waals surface area contributed by atoms with Gasteiger partial charge in [0.2, 0.25) is 0 Å². The summed E-state index contributed by atoms with van der Waals surface area (Å²) in [4.78, 5) is 12.0. The van der Waals surface area contributed by atoms with Gasteiger partial charge < -0.3 is 9.73 Å². The molecule has 0 spiro atoms. The SMILES string of the molecule is CNC(=O)c1ccc(C[S@@](=O)c2cccc(Cl)c2)o1. The van der Waals surface area contributed by atoms with Gasteiger partial charge in [-0.2, -0.15) is 0 Å². The molecule has 0 saturated carbocycles. The highest BCUT2D eigenvalue weighted by Crippen LogP contribution is 2.18. The molecule has 0 bridgehead atoms. The molecule has 6 heteroatoms. The van der Waals surface area contributed by atoms with Crippen molar-refractivity contribution >= 4 is 28.3 Å². The Morgan fingerprint density at radius 3 is 2.84 bits per heavy atom. The molecule has 1 amide bonds. The fourth-order valence-corrected chi connectivity index (χ4v) is 2.85. The Hall–Kier alpha value is -1.59. The molecule has 0 unspecified atom stereocenters. The summed E-state index contributed by atoms with van der Waals surface area (Å²) in [5.41, 5.74) is 0. The molecule has 0 aliphatic heterocycles. The van der Waals surface area contributed by atoms with Crippen LogP contribution in [0.15, 0.2) is 45.7 Å². The van der Waals surface area contributed by atoms with Crippen LogP contribution in [0, 0.1) is 0 Å². The smallest absolute Gasteiger partial charge is 0.286 e. The first-order valence-corrected chi connectivity index (χ1v) is 7.24. The quantitative estimate of drug-likeness (QED) is 0.943. The maximum atomic E-state index is 12.1. The summed E-state index contributed by atoms with van der Waals surface area (Å²) in [5.74, 6) is 0.606. The van der Waals surface area contributed by atoms with Crippen molar-refractivity contribution in [1.82, 2.24) is 5.32 Å². The van der Waals surface area contributed by atoms with Gasteiger partial charge in [-0.3, -0.25) is 9.00 Å². The third kappa shape index (κ3) is 3.45. The number of rotatable bonds is 4. The summed E-state index contributed by atoms with van der Waals surface area (Å²) in [5, 5.41) is 3.00. The van der Waals surface area contributed by atoms with Crippen molar-refractivity contribution in [2.75, 3.05) is 7.05 Å². The summed E-state index contributed by atoms with van der Waals surface area (Å²) < 4.78 is 17.4. The van der Waals surface area contributed by atoms with E-state index < -0.39 is 10.8 Å². The van der Waals surface area contributed by atoms with Gasteiger partial charge in [-0.25, -0.2) is 0 Å². The Balaban J connectivity index is 2.11. The number of nitrogens with one attached hydrogen (secondary N) is 1. The Morgan fingerprint density at radius 1 is 1.37 bits per heavy atom. The standard InChI is InChI=1S/C13H12ClNO3S/c1-15-13(16)12-6-5-10(18-12)8-19(17)11-4-2-3-9(14)7-11/h2-7H,8H2,1H3,(H,15,16)/t19-/m1/s1. The van der Waals surface area contributed by atoms with Gasteiger partial charge in [0.05, 0.1) is 16.6 Å². The van der Waals surface area contributed by atoms with Crippen molar-refractivity contribution in [2.24, 2.45) is 0 Å². The second-order valence-electron chi connectivity index (χ2n) is 3.79. The number of amides is 1. The third-order valence-electron chi connectivity index (χ3n) is 2.44. The fourth-order valence-electron chi connectivity index (χ4n) is 1.52. The number of halogens is 1.